The summed E-state index contributed by atoms with van der Waals surface area (Å²) in [5.74, 6) is 0.814. The Morgan fingerprint density at radius 2 is 1.86 bits per heavy atom. The van der Waals surface area contributed by atoms with Gasteiger partial charge in [-0.15, -0.1) is 0 Å². The molecule has 29 heavy (non-hydrogen) atoms. The second-order valence-corrected chi connectivity index (χ2v) is 6.89. The number of nitrogens with one attached hydrogen (secondary N) is 1. The van der Waals surface area contributed by atoms with Crippen LogP contribution in [0.4, 0.5) is 11.6 Å². The van der Waals surface area contributed by atoms with E-state index in [0.717, 1.165) is 13.0 Å². The number of benzene rings is 1. The summed E-state index contributed by atoms with van der Waals surface area (Å²) in [5, 5.41) is 2.88. The van der Waals surface area contributed by atoms with Crippen molar-refractivity contribution in [2.24, 2.45) is 0 Å². The second-order valence-electron chi connectivity index (χ2n) is 6.89. The molecule has 0 radical (unpaired) electrons. The van der Waals surface area contributed by atoms with E-state index in [1.165, 1.54) is 5.56 Å². The molecule has 0 spiro atoms. The van der Waals surface area contributed by atoms with Crippen molar-refractivity contribution >= 4 is 17.5 Å². The third-order valence-electron chi connectivity index (χ3n) is 4.20. The van der Waals surface area contributed by atoms with Crippen molar-refractivity contribution in [3.8, 4) is 5.75 Å². The van der Waals surface area contributed by atoms with Crippen LogP contribution in [0.3, 0.4) is 0 Å². The van der Waals surface area contributed by atoms with Gasteiger partial charge in [0.15, 0.2) is 0 Å². The van der Waals surface area contributed by atoms with E-state index in [4.69, 9.17) is 4.74 Å². The van der Waals surface area contributed by atoms with Crippen LogP contribution >= 0.6 is 0 Å². The maximum absolute atomic E-state index is 12.7. The van der Waals surface area contributed by atoms with E-state index in [2.05, 4.69) is 20.3 Å². The van der Waals surface area contributed by atoms with Crippen LogP contribution in [0.25, 0.3) is 0 Å². The van der Waals surface area contributed by atoms with Gasteiger partial charge < -0.3 is 15.0 Å². The van der Waals surface area contributed by atoms with Gasteiger partial charge in [-0.25, -0.2) is 9.97 Å². The van der Waals surface area contributed by atoms with Crippen molar-refractivity contribution in [1.82, 2.24) is 15.0 Å². The molecule has 3 rings (SSSR count). The molecule has 0 unspecified atom stereocenters. The van der Waals surface area contributed by atoms with Crippen LogP contribution in [0.2, 0.25) is 0 Å². The number of pyridine rings is 1. The number of para-hydroxylation sites is 2. The molecule has 7 nitrogen and oxygen atoms in total. The Morgan fingerprint density at radius 1 is 1.10 bits per heavy atom. The van der Waals surface area contributed by atoms with E-state index >= 15 is 0 Å². The van der Waals surface area contributed by atoms with Gasteiger partial charge in [-0.1, -0.05) is 12.1 Å². The first-order valence-electron chi connectivity index (χ1n) is 9.53. The average molecular weight is 391 g/mol. The normalized spacial score (nSPS) is 10.6. The number of carbonyl (C=O) groups is 1. The Hall–Kier alpha value is -3.48. The summed E-state index contributed by atoms with van der Waals surface area (Å²) in [6, 6.07) is 12.9. The third-order valence-corrected chi connectivity index (χ3v) is 4.20. The minimum Gasteiger partial charge on any atom is -0.489 e. The van der Waals surface area contributed by atoms with E-state index in [-0.39, 0.29) is 12.0 Å². The summed E-state index contributed by atoms with van der Waals surface area (Å²) >= 11 is 0. The zero-order valence-corrected chi connectivity index (χ0v) is 16.9. The lowest BCUT2D eigenvalue weighted by atomic mass is 10.2. The van der Waals surface area contributed by atoms with E-state index in [0.29, 0.717) is 23.1 Å². The Morgan fingerprint density at radius 3 is 2.62 bits per heavy atom. The second kappa shape index (κ2) is 9.64. The standard InChI is InChI=1S/C22H25N5O2/c1-16(2)29-20-7-5-4-6-18(20)25-21(28)19-10-14-24-22(26-19)27(3)15-11-17-8-12-23-13-9-17/h4-10,12-14,16H,11,15H2,1-3H3,(H,25,28). The molecule has 0 atom stereocenters. The fourth-order valence-electron chi connectivity index (χ4n) is 2.72. The number of aromatic nitrogens is 3. The fourth-order valence-corrected chi connectivity index (χ4v) is 2.72. The van der Waals surface area contributed by atoms with Gasteiger partial charge in [0.05, 0.1) is 11.8 Å². The fraction of sp³-hybridized carbons (Fsp3) is 0.273. The predicted molar refractivity (Wildman–Crippen MR) is 113 cm³/mol. The van der Waals surface area contributed by atoms with E-state index in [1.807, 2.05) is 56.1 Å². The highest BCUT2D eigenvalue weighted by Gasteiger charge is 2.14. The van der Waals surface area contributed by atoms with Gasteiger partial charge in [-0.2, -0.15) is 0 Å². The van der Waals surface area contributed by atoms with Crippen LogP contribution in [0.1, 0.15) is 29.9 Å². The van der Waals surface area contributed by atoms with E-state index in [9.17, 15) is 4.79 Å². The van der Waals surface area contributed by atoms with Crippen LogP contribution in [0.15, 0.2) is 61.1 Å². The number of hydrogen-bond donors (Lipinski definition) is 1. The average Bonchev–Trinajstić information content (AvgIpc) is 2.74. The molecule has 1 aromatic carbocycles. The lowest BCUT2D eigenvalue weighted by molar-refractivity contribution is 0.102. The molecule has 1 amide bonds. The molecule has 150 valence electrons. The molecule has 0 fully saturated rings. The van der Waals surface area contributed by atoms with Crippen LogP contribution in [0.5, 0.6) is 5.75 Å². The number of rotatable bonds is 8. The van der Waals surface area contributed by atoms with Gasteiger partial charge in [0.2, 0.25) is 5.95 Å². The third kappa shape index (κ3) is 5.75. The number of nitrogens with zero attached hydrogens (tertiary/aromatic N) is 4. The predicted octanol–water partition coefficient (Wildman–Crippen LogP) is 3.59. The molecule has 0 aliphatic heterocycles. The molecule has 2 heterocycles. The van der Waals surface area contributed by atoms with Crippen molar-refractivity contribution < 1.29 is 9.53 Å². The Labute approximate surface area is 170 Å². The molecule has 7 heteroatoms. The molecule has 3 aromatic rings. The van der Waals surface area contributed by atoms with E-state index < -0.39 is 0 Å². The zero-order valence-electron chi connectivity index (χ0n) is 16.9. The smallest absolute Gasteiger partial charge is 0.274 e. The minimum absolute atomic E-state index is 0.00718. The number of ether oxygens (including phenoxy) is 1. The maximum Gasteiger partial charge on any atom is 0.274 e. The molecule has 0 bridgehead atoms. The summed E-state index contributed by atoms with van der Waals surface area (Å²) in [7, 11) is 1.91. The van der Waals surface area contributed by atoms with Crippen molar-refractivity contribution in [3.63, 3.8) is 0 Å². The Balaban J connectivity index is 1.68. The number of hydrogen-bond acceptors (Lipinski definition) is 6. The monoisotopic (exact) mass is 391 g/mol. The van der Waals surface area contributed by atoms with Gasteiger partial charge >= 0.3 is 0 Å². The van der Waals surface area contributed by atoms with Crippen LogP contribution in [-0.4, -0.2) is 40.6 Å². The summed E-state index contributed by atoms with van der Waals surface area (Å²) in [4.78, 5) is 27.4. The zero-order chi connectivity index (χ0) is 20.6. The summed E-state index contributed by atoms with van der Waals surface area (Å²) in [6.07, 6.45) is 5.98. The Kier molecular flexibility index (Phi) is 6.73. The van der Waals surface area contributed by atoms with Gasteiger partial charge in [0.25, 0.3) is 5.91 Å². The lowest BCUT2D eigenvalue weighted by Crippen LogP contribution is -2.24. The SMILES string of the molecule is CC(C)Oc1ccccc1NC(=O)c1ccnc(N(C)CCc2ccncc2)n1. The maximum atomic E-state index is 12.7. The highest BCUT2D eigenvalue weighted by Crippen LogP contribution is 2.25. The van der Waals surface area contributed by atoms with Crippen molar-refractivity contribution in [2.45, 2.75) is 26.4 Å². The number of carbonyl (C=O) groups excluding carboxylic acids is 1. The first-order chi connectivity index (χ1) is 14.0. The summed E-state index contributed by atoms with van der Waals surface area (Å²) in [5.41, 5.74) is 2.09. The van der Waals surface area contributed by atoms with Crippen LogP contribution in [0, 0.1) is 0 Å². The van der Waals surface area contributed by atoms with Gasteiger partial charge in [0.1, 0.15) is 11.4 Å². The first-order valence-corrected chi connectivity index (χ1v) is 9.53. The number of amides is 1. The van der Waals surface area contributed by atoms with Crippen molar-refractivity contribution in [3.05, 3.63) is 72.3 Å². The van der Waals surface area contributed by atoms with Crippen LogP contribution < -0.4 is 15.0 Å². The topological polar surface area (TPSA) is 80.2 Å². The van der Waals surface area contributed by atoms with Gasteiger partial charge in [0, 0.05) is 32.2 Å². The number of anilines is 2. The van der Waals surface area contributed by atoms with Crippen molar-refractivity contribution in [1.29, 1.82) is 0 Å². The van der Waals surface area contributed by atoms with Gasteiger partial charge in [-0.3, -0.25) is 9.78 Å². The molecule has 2 aromatic heterocycles. The quantitative estimate of drug-likeness (QED) is 0.632. The van der Waals surface area contributed by atoms with Crippen molar-refractivity contribution in [2.75, 3.05) is 23.8 Å². The Bertz CT molecular complexity index is 947. The summed E-state index contributed by atoms with van der Waals surface area (Å²) in [6.45, 7) is 4.61. The number of likely N-dealkylation sites (N-methyl/N-ethyl adjacent to an activating group) is 1. The largest absolute Gasteiger partial charge is 0.489 e. The highest BCUT2D eigenvalue weighted by molar-refractivity contribution is 6.03. The molecule has 0 aliphatic rings. The summed E-state index contributed by atoms with van der Waals surface area (Å²) < 4.78 is 5.76. The highest BCUT2D eigenvalue weighted by atomic mass is 16.5. The lowest BCUT2D eigenvalue weighted by Gasteiger charge is -2.18. The van der Waals surface area contributed by atoms with Crippen LogP contribution in [-0.2, 0) is 6.42 Å². The molecular formula is C22H25N5O2. The van der Waals surface area contributed by atoms with E-state index in [1.54, 1.807) is 30.7 Å². The first kappa shape index (κ1) is 20.3. The molecule has 0 saturated carbocycles. The molecule has 0 aliphatic carbocycles. The van der Waals surface area contributed by atoms with Gasteiger partial charge in [-0.05, 0) is 56.2 Å². The molecule has 0 saturated heterocycles. The molecule has 1 N–H and O–H groups in total. The minimum atomic E-state index is -0.309. The molecular weight excluding hydrogens is 366 g/mol.